The molecule has 0 saturated heterocycles. The summed E-state index contributed by atoms with van der Waals surface area (Å²) in [5.74, 6) is 0.723. The lowest BCUT2D eigenvalue weighted by Crippen LogP contribution is -2.16. The number of hydrogen-bond acceptors (Lipinski definition) is 5. The first-order valence-corrected chi connectivity index (χ1v) is 8.59. The molecule has 0 radical (unpaired) electrons. The number of ether oxygens (including phenoxy) is 3. The van der Waals surface area contributed by atoms with Gasteiger partial charge in [-0.1, -0.05) is 32.0 Å². The first-order chi connectivity index (χ1) is 12.5. The minimum Gasteiger partial charge on any atom is -0.493 e. The minimum absolute atomic E-state index is 0.172. The van der Waals surface area contributed by atoms with E-state index in [4.69, 9.17) is 14.2 Å². The highest BCUT2D eigenvalue weighted by Crippen LogP contribution is 2.45. The maximum Gasteiger partial charge on any atom is 0.313 e. The van der Waals surface area contributed by atoms with Crippen LogP contribution in [0, 0.1) is 5.92 Å². The van der Waals surface area contributed by atoms with Crippen molar-refractivity contribution in [2.75, 3.05) is 14.2 Å². The van der Waals surface area contributed by atoms with E-state index in [9.17, 15) is 9.59 Å². The second-order valence-electron chi connectivity index (χ2n) is 6.55. The molecule has 0 aromatic heterocycles. The Kier molecular flexibility index (Phi) is 4.98. The second-order valence-corrected chi connectivity index (χ2v) is 6.55. The zero-order valence-electron chi connectivity index (χ0n) is 15.4. The molecule has 1 aliphatic rings. The molecule has 3 rings (SSSR count). The normalized spacial score (nSPS) is 12.9. The van der Waals surface area contributed by atoms with E-state index in [-0.39, 0.29) is 17.7 Å². The zero-order chi connectivity index (χ0) is 18.8. The van der Waals surface area contributed by atoms with Gasteiger partial charge >= 0.3 is 5.97 Å². The molecule has 0 aliphatic heterocycles. The monoisotopic (exact) mass is 354 g/mol. The van der Waals surface area contributed by atoms with Gasteiger partial charge in [0.1, 0.15) is 0 Å². The average molecular weight is 354 g/mol. The van der Waals surface area contributed by atoms with Gasteiger partial charge in [0.05, 0.1) is 20.1 Å². The lowest BCUT2D eigenvalue weighted by Gasteiger charge is -2.18. The molecule has 26 heavy (non-hydrogen) atoms. The molecule has 0 bridgehead atoms. The Labute approximate surface area is 152 Å². The van der Waals surface area contributed by atoms with Crippen LogP contribution >= 0.6 is 0 Å². The fourth-order valence-electron chi connectivity index (χ4n) is 3.07. The Hall–Kier alpha value is -2.82. The topological polar surface area (TPSA) is 61.8 Å². The Bertz CT molecular complexity index is 867. The van der Waals surface area contributed by atoms with Crippen molar-refractivity contribution >= 4 is 11.8 Å². The summed E-state index contributed by atoms with van der Waals surface area (Å²) in [6.45, 7) is 3.55. The highest BCUT2D eigenvalue weighted by atomic mass is 16.6. The summed E-state index contributed by atoms with van der Waals surface area (Å²) in [6.07, 6.45) is 1.27. The average Bonchev–Trinajstić information content (AvgIpc) is 3.01. The number of carbonyl (C=O) groups is 2. The lowest BCUT2D eigenvalue weighted by atomic mass is 9.99. The van der Waals surface area contributed by atoms with Gasteiger partial charge in [-0.2, -0.15) is 0 Å². The largest absolute Gasteiger partial charge is 0.493 e. The number of methoxy groups -OCH3 is 2. The van der Waals surface area contributed by atoms with Crippen LogP contribution in [0.3, 0.4) is 0 Å². The highest BCUT2D eigenvalue weighted by Gasteiger charge is 2.24. The minimum atomic E-state index is -0.353. The smallest absolute Gasteiger partial charge is 0.313 e. The van der Waals surface area contributed by atoms with Crippen molar-refractivity contribution in [2.45, 2.75) is 26.7 Å². The summed E-state index contributed by atoms with van der Waals surface area (Å²) < 4.78 is 16.5. The number of ketones is 1. The number of aryl methyl sites for hydroxylation is 1. The predicted molar refractivity (Wildman–Crippen MR) is 98.1 cm³/mol. The zero-order valence-corrected chi connectivity index (χ0v) is 15.4. The summed E-state index contributed by atoms with van der Waals surface area (Å²) in [7, 11) is 3.04. The van der Waals surface area contributed by atoms with Crippen LogP contribution in [0.2, 0.25) is 0 Å². The molecule has 2 aromatic rings. The highest BCUT2D eigenvalue weighted by molar-refractivity contribution is 6.01. The van der Waals surface area contributed by atoms with Crippen molar-refractivity contribution in [2.24, 2.45) is 5.92 Å². The van der Waals surface area contributed by atoms with Crippen molar-refractivity contribution in [1.82, 2.24) is 0 Å². The van der Waals surface area contributed by atoms with Gasteiger partial charge in [0.15, 0.2) is 17.3 Å². The first kappa shape index (κ1) is 18.0. The van der Waals surface area contributed by atoms with E-state index >= 15 is 0 Å². The molecule has 0 fully saturated rings. The summed E-state index contributed by atoms with van der Waals surface area (Å²) in [5.41, 5.74) is 3.38. The molecular formula is C21H22O5. The fraction of sp³-hybridized carbons (Fsp3) is 0.333. The summed E-state index contributed by atoms with van der Waals surface area (Å²) in [4.78, 5) is 24.1. The molecule has 0 saturated carbocycles. The van der Waals surface area contributed by atoms with Gasteiger partial charge in [0.25, 0.3) is 0 Å². The van der Waals surface area contributed by atoms with Crippen LogP contribution in [0.1, 0.15) is 36.2 Å². The Balaban J connectivity index is 2.14. The SMILES string of the molecule is COc1ccc(-c2ccc3c(c2)CCC3=O)c(OC(=O)C(C)C)c1OC. The third kappa shape index (κ3) is 3.17. The number of Topliss-reactive ketones (excluding diaryl/α,β-unsaturated/α-hetero) is 1. The van der Waals surface area contributed by atoms with Gasteiger partial charge in [-0.3, -0.25) is 9.59 Å². The molecule has 0 amide bonds. The van der Waals surface area contributed by atoms with Crippen LogP contribution in [0.15, 0.2) is 30.3 Å². The van der Waals surface area contributed by atoms with E-state index in [0.717, 1.165) is 28.7 Å². The third-order valence-corrected chi connectivity index (χ3v) is 4.51. The van der Waals surface area contributed by atoms with E-state index in [1.54, 1.807) is 19.9 Å². The molecule has 0 heterocycles. The van der Waals surface area contributed by atoms with Crippen LogP contribution in [-0.4, -0.2) is 26.0 Å². The van der Waals surface area contributed by atoms with Gasteiger partial charge in [0, 0.05) is 17.5 Å². The molecule has 0 unspecified atom stereocenters. The molecule has 0 spiro atoms. The number of rotatable bonds is 5. The van der Waals surface area contributed by atoms with Gasteiger partial charge in [-0.25, -0.2) is 0 Å². The van der Waals surface area contributed by atoms with Gasteiger partial charge in [0.2, 0.25) is 5.75 Å². The Morgan fingerprint density at radius 1 is 0.962 bits per heavy atom. The van der Waals surface area contributed by atoms with Crippen LogP contribution in [0.5, 0.6) is 17.2 Å². The summed E-state index contributed by atoms with van der Waals surface area (Å²) >= 11 is 0. The summed E-state index contributed by atoms with van der Waals surface area (Å²) in [5, 5.41) is 0. The van der Waals surface area contributed by atoms with Gasteiger partial charge in [-0.05, 0) is 29.7 Å². The van der Waals surface area contributed by atoms with Crippen molar-refractivity contribution < 1.29 is 23.8 Å². The van der Waals surface area contributed by atoms with Gasteiger partial charge in [-0.15, -0.1) is 0 Å². The number of esters is 1. The third-order valence-electron chi connectivity index (χ3n) is 4.51. The van der Waals surface area contributed by atoms with Crippen molar-refractivity contribution in [3.05, 3.63) is 41.5 Å². The lowest BCUT2D eigenvalue weighted by molar-refractivity contribution is -0.137. The molecule has 5 nitrogen and oxygen atoms in total. The quantitative estimate of drug-likeness (QED) is 0.598. The maximum absolute atomic E-state index is 12.2. The first-order valence-electron chi connectivity index (χ1n) is 8.59. The van der Waals surface area contributed by atoms with E-state index in [0.29, 0.717) is 23.7 Å². The van der Waals surface area contributed by atoms with Crippen molar-refractivity contribution in [3.63, 3.8) is 0 Å². The van der Waals surface area contributed by atoms with Crippen LogP contribution < -0.4 is 14.2 Å². The van der Waals surface area contributed by atoms with Crippen molar-refractivity contribution in [3.8, 4) is 28.4 Å². The Morgan fingerprint density at radius 3 is 2.35 bits per heavy atom. The molecule has 1 aliphatic carbocycles. The van der Waals surface area contributed by atoms with E-state index in [2.05, 4.69) is 0 Å². The predicted octanol–water partition coefficient (Wildman–Crippen LogP) is 4.06. The molecular weight excluding hydrogens is 332 g/mol. The van der Waals surface area contributed by atoms with Crippen LogP contribution in [-0.2, 0) is 11.2 Å². The molecule has 0 atom stereocenters. The summed E-state index contributed by atoms with van der Waals surface area (Å²) in [6, 6.07) is 9.30. The molecule has 0 N–H and O–H groups in total. The molecule has 2 aromatic carbocycles. The number of hydrogen-bond donors (Lipinski definition) is 0. The van der Waals surface area contributed by atoms with Crippen LogP contribution in [0.4, 0.5) is 0 Å². The number of benzene rings is 2. The maximum atomic E-state index is 12.2. The molecule has 5 heteroatoms. The number of carbonyl (C=O) groups excluding carboxylic acids is 2. The molecule has 136 valence electrons. The number of fused-ring (bicyclic) bond motifs is 1. The standard InChI is InChI=1S/C21H22O5/c1-12(2)21(23)26-19-16(8-10-18(24-3)20(19)25-4)14-5-7-15-13(11-14)6-9-17(15)22/h5,7-8,10-12H,6,9H2,1-4H3. The fourth-order valence-corrected chi connectivity index (χ4v) is 3.07. The van der Waals surface area contributed by atoms with E-state index in [1.807, 2.05) is 24.3 Å². The second kappa shape index (κ2) is 7.20. The van der Waals surface area contributed by atoms with E-state index in [1.165, 1.54) is 14.2 Å². The van der Waals surface area contributed by atoms with E-state index < -0.39 is 0 Å². The van der Waals surface area contributed by atoms with Crippen molar-refractivity contribution in [1.29, 1.82) is 0 Å². The van der Waals surface area contributed by atoms with Gasteiger partial charge < -0.3 is 14.2 Å². The van der Waals surface area contributed by atoms with Crippen LogP contribution in [0.25, 0.3) is 11.1 Å². The Morgan fingerprint density at radius 2 is 1.69 bits per heavy atom.